The van der Waals surface area contributed by atoms with E-state index in [1.54, 1.807) is 0 Å². The molecule has 0 saturated carbocycles. The third-order valence-corrected chi connectivity index (χ3v) is 0.908. The molecule has 0 nitrogen and oxygen atoms in total. The molecule has 0 spiro atoms. The third kappa shape index (κ3) is 0.638. The van der Waals surface area contributed by atoms with E-state index in [-0.39, 0.29) is 6.42 Å². The molecule has 0 aliphatic heterocycles. The smallest absolute Gasteiger partial charge is 0.190 e. The normalized spacial score (nSPS) is 19.6. The second-order valence-electron chi connectivity index (χ2n) is 1.48. The van der Waals surface area contributed by atoms with Gasteiger partial charge in [0.15, 0.2) is 11.7 Å². The van der Waals surface area contributed by atoms with Gasteiger partial charge >= 0.3 is 0 Å². The summed E-state index contributed by atoms with van der Waals surface area (Å²) >= 11 is 0. The van der Waals surface area contributed by atoms with Crippen molar-refractivity contribution >= 4 is 0 Å². The molecule has 0 bridgehead atoms. The SMILES string of the molecule is FC1=CCC(F)=C1F. The van der Waals surface area contributed by atoms with Crippen LogP contribution in [-0.4, -0.2) is 0 Å². The minimum Gasteiger partial charge on any atom is -0.208 e. The van der Waals surface area contributed by atoms with Gasteiger partial charge in [-0.15, -0.1) is 0 Å². The molecule has 0 aromatic rings. The van der Waals surface area contributed by atoms with Crippen molar-refractivity contribution in [2.75, 3.05) is 0 Å². The molecule has 0 saturated heterocycles. The first-order valence-electron chi connectivity index (χ1n) is 2.12. The number of rotatable bonds is 0. The molecule has 0 aromatic heterocycles. The molecule has 0 heterocycles. The Bertz CT molecular complexity index is 161. The summed E-state index contributed by atoms with van der Waals surface area (Å²) in [5.41, 5.74) is 0. The molecule has 0 atom stereocenters. The first-order valence-corrected chi connectivity index (χ1v) is 2.12. The van der Waals surface area contributed by atoms with Crippen LogP contribution in [0, 0.1) is 0 Å². The van der Waals surface area contributed by atoms with E-state index in [4.69, 9.17) is 0 Å². The molecule has 8 heavy (non-hydrogen) atoms. The molecule has 44 valence electrons. The highest BCUT2D eigenvalue weighted by Gasteiger charge is 2.16. The summed E-state index contributed by atoms with van der Waals surface area (Å²) in [6.45, 7) is 0. The monoisotopic (exact) mass is 120 g/mol. The molecule has 0 aromatic carbocycles. The highest BCUT2D eigenvalue weighted by atomic mass is 19.2. The molecule has 0 unspecified atom stereocenters. The molecular weight excluding hydrogens is 117 g/mol. The Morgan fingerprint density at radius 2 is 1.88 bits per heavy atom. The summed E-state index contributed by atoms with van der Waals surface area (Å²) in [5.74, 6) is -3.44. The van der Waals surface area contributed by atoms with Crippen molar-refractivity contribution < 1.29 is 13.2 Å². The van der Waals surface area contributed by atoms with Crippen molar-refractivity contribution in [1.29, 1.82) is 0 Å². The van der Waals surface area contributed by atoms with E-state index in [1.165, 1.54) is 0 Å². The number of halogens is 3. The average Bonchev–Trinajstić information content (AvgIpc) is 1.98. The van der Waals surface area contributed by atoms with E-state index < -0.39 is 17.5 Å². The van der Waals surface area contributed by atoms with Gasteiger partial charge in [-0.1, -0.05) is 0 Å². The number of allylic oxidation sites excluding steroid dienone is 4. The lowest BCUT2D eigenvalue weighted by molar-refractivity contribution is 0.507. The van der Waals surface area contributed by atoms with Crippen molar-refractivity contribution in [1.82, 2.24) is 0 Å². The van der Waals surface area contributed by atoms with Crippen LogP contribution in [0.15, 0.2) is 23.6 Å². The van der Waals surface area contributed by atoms with Crippen LogP contribution in [0.25, 0.3) is 0 Å². The van der Waals surface area contributed by atoms with Crippen LogP contribution in [-0.2, 0) is 0 Å². The summed E-state index contributed by atoms with van der Waals surface area (Å²) in [5, 5.41) is 0. The fraction of sp³-hybridized carbons (Fsp3) is 0.200. The van der Waals surface area contributed by atoms with Gasteiger partial charge in [-0.2, -0.15) is 0 Å². The summed E-state index contributed by atoms with van der Waals surface area (Å²) in [6, 6.07) is 0. The molecule has 3 heteroatoms. The average molecular weight is 120 g/mol. The number of hydrogen-bond acceptors (Lipinski definition) is 0. The minimum absolute atomic E-state index is 0.238. The van der Waals surface area contributed by atoms with E-state index >= 15 is 0 Å². The van der Waals surface area contributed by atoms with Gasteiger partial charge in [-0.05, 0) is 6.08 Å². The Kier molecular flexibility index (Phi) is 1.12. The number of hydrogen-bond donors (Lipinski definition) is 0. The van der Waals surface area contributed by atoms with Gasteiger partial charge in [-0.25, -0.2) is 13.2 Å². The predicted octanol–water partition coefficient (Wildman–Crippen LogP) is 2.39. The summed E-state index contributed by atoms with van der Waals surface area (Å²) in [7, 11) is 0. The molecule has 0 N–H and O–H groups in total. The van der Waals surface area contributed by atoms with Crippen LogP contribution in [0.4, 0.5) is 13.2 Å². The van der Waals surface area contributed by atoms with Gasteiger partial charge in [0.2, 0.25) is 0 Å². The van der Waals surface area contributed by atoms with Gasteiger partial charge in [0.05, 0.1) is 0 Å². The molecule has 0 radical (unpaired) electrons. The Morgan fingerprint density at radius 1 is 1.25 bits per heavy atom. The largest absolute Gasteiger partial charge is 0.208 e. The molecular formula is C5H3F3. The molecule has 1 rings (SSSR count). The Morgan fingerprint density at radius 3 is 2.00 bits per heavy atom. The standard InChI is InChI=1S/C5H3F3/c6-3-1-2-4(7)5(3)8/h1H,2H2. The highest BCUT2D eigenvalue weighted by molar-refractivity contribution is 5.29. The van der Waals surface area contributed by atoms with Crippen LogP contribution in [0.1, 0.15) is 6.42 Å². The van der Waals surface area contributed by atoms with E-state index in [0.717, 1.165) is 6.08 Å². The maximum absolute atomic E-state index is 11.8. The quantitative estimate of drug-likeness (QED) is 0.460. The Balaban J connectivity index is 2.88. The first kappa shape index (κ1) is 5.41. The summed E-state index contributed by atoms with van der Waals surface area (Å²) < 4.78 is 35.3. The zero-order valence-corrected chi connectivity index (χ0v) is 3.92. The van der Waals surface area contributed by atoms with Gasteiger partial charge in [0, 0.05) is 6.42 Å². The zero-order chi connectivity index (χ0) is 6.15. The van der Waals surface area contributed by atoms with Crippen molar-refractivity contribution in [3.05, 3.63) is 23.6 Å². The summed E-state index contributed by atoms with van der Waals surface area (Å²) in [4.78, 5) is 0. The fourth-order valence-electron chi connectivity index (χ4n) is 0.488. The van der Waals surface area contributed by atoms with Crippen LogP contribution in [0.5, 0.6) is 0 Å². The van der Waals surface area contributed by atoms with Crippen LogP contribution >= 0.6 is 0 Å². The lowest BCUT2D eigenvalue weighted by Gasteiger charge is -1.81. The van der Waals surface area contributed by atoms with Gasteiger partial charge in [-0.3, -0.25) is 0 Å². The topological polar surface area (TPSA) is 0 Å². The van der Waals surface area contributed by atoms with Crippen molar-refractivity contribution in [2.24, 2.45) is 0 Å². The van der Waals surface area contributed by atoms with Crippen LogP contribution in [0.3, 0.4) is 0 Å². The highest BCUT2D eigenvalue weighted by Crippen LogP contribution is 2.28. The predicted molar refractivity (Wildman–Crippen MR) is 23.0 cm³/mol. The van der Waals surface area contributed by atoms with Crippen LogP contribution < -0.4 is 0 Å². The molecule has 0 fully saturated rings. The van der Waals surface area contributed by atoms with Gasteiger partial charge in [0.25, 0.3) is 0 Å². The van der Waals surface area contributed by atoms with Crippen molar-refractivity contribution in [2.45, 2.75) is 6.42 Å². The zero-order valence-electron chi connectivity index (χ0n) is 3.92. The van der Waals surface area contributed by atoms with Crippen molar-refractivity contribution in [3.8, 4) is 0 Å². The lowest BCUT2D eigenvalue weighted by Crippen LogP contribution is -1.68. The second-order valence-corrected chi connectivity index (χ2v) is 1.48. The van der Waals surface area contributed by atoms with E-state index in [2.05, 4.69) is 0 Å². The third-order valence-electron chi connectivity index (χ3n) is 0.908. The van der Waals surface area contributed by atoms with Crippen molar-refractivity contribution in [3.63, 3.8) is 0 Å². The maximum atomic E-state index is 11.8. The molecule has 1 aliphatic carbocycles. The molecule has 1 aliphatic rings. The Hall–Kier alpha value is -0.730. The summed E-state index contributed by atoms with van der Waals surface area (Å²) in [6.07, 6.45) is 0.627. The fourth-order valence-corrected chi connectivity index (χ4v) is 0.488. The molecule has 0 amide bonds. The van der Waals surface area contributed by atoms with Gasteiger partial charge < -0.3 is 0 Å². The van der Waals surface area contributed by atoms with E-state index in [0.29, 0.717) is 0 Å². The second kappa shape index (κ2) is 1.65. The Labute approximate surface area is 44.3 Å². The van der Waals surface area contributed by atoms with E-state index in [9.17, 15) is 13.2 Å². The van der Waals surface area contributed by atoms with Gasteiger partial charge in [0.1, 0.15) is 5.83 Å². The maximum Gasteiger partial charge on any atom is 0.190 e. The first-order chi connectivity index (χ1) is 3.72. The lowest BCUT2D eigenvalue weighted by atomic mass is 10.5. The van der Waals surface area contributed by atoms with Crippen LogP contribution in [0.2, 0.25) is 0 Å². The minimum atomic E-state index is -1.34. The van der Waals surface area contributed by atoms with E-state index in [1.807, 2.05) is 0 Å².